The number of halogens is 2. The van der Waals surface area contributed by atoms with E-state index in [0.717, 1.165) is 0 Å². The van der Waals surface area contributed by atoms with Crippen LogP contribution in [0.5, 0.6) is 0 Å². The first-order valence-electron chi connectivity index (χ1n) is 5.91. The van der Waals surface area contributed by atoms with Gasteiger partial charge in [-0.05, 0) is 46.3 Å². The molecule has 3 rings (SSSR count). The third-order valence-electron chi connectivity index (χ3n) is 3.09. The van der Waals surface area contributed by atoms with Crippen LogP contribution in [0, 0.1) is 5.82 Å². The largest absolute Gasteiger partial charge is 0.478 e. The number of aromatic amines is 1. The molecule has 0 saturated heterocycles. The lowest BCUT2D eigenvalue weighted by Gasteiger charge is -2.07. The van der Waals surface area contributed by atoms with Crippen LogP contribution in [0.1, 0.15) is 10.4 Å². The van der Waals surface area contributed by atoms with Crippen LogP contribution in [0.2, 0.25) is 0 Å². The van der Waals surface area contributed by atoms with E-state index >= 15 is 0 Å². The van der Waals surface area contributed by atoms with Crippen LogP contribution in [0.4, 0.5) is 4.39 Å². The number of nitrogens with one attached hydrogen (secondary N) is 1. The van der Waals surface area contributed by atoms with Crippen LogP contribution in [0.3, 0.4) is 0 Å². The molecule has 0 aliphatic rings. The summed E-state index contributed by atoms with van der Waals surface area (Å²) in [6, 6.07) is 8.56. The van der Waals surface area contributed by atoms with Crippen LogP contribution < -0.4 is 5.69 Å². The lowest BCUT2D eigenvalue weighted by molar-refractivity contribution is 0.0697. The fourth-order valence-corrected chi connectivity index (χ4v) is 2.69. The van der Waals surface area contributed by atoms with Gasteiger partial charge in [0.2, 0.25) is 0 Å². The highest BCUT2D eigenvalue weighted by molar-refractivity contribution is 9.10. The molecule has 7 heteroatoms. The van der Waals surface area contributed by atoms with Crippen molar-refractivity contribution in [2.45, 2.75) is 0 Å². The fourth-order valence-electron chi connectivity index (χ4n) is 2.17. The lowest BCUT2D eigenvalue weighted by Crippen LogP contribution is -2.16. The summed E-state index contributed by atoms with van der Waals surface area (Å²) in [5, 5.41) is 8.96. The van der Waals surface area contributed by atoms with E-state index in [9.17, 15) is 14.0 Å². The van der Waals surface area contributed by atoms with Crippen molar-refractivity contribution in [2.24, 2.45) is 0 Å². The summed E-state index contributed by atoms with van der Waals surface area (Å²) in [5.41, 5.74) is 0.310. The van der Waals surface area contributed by atoms with E-state index in [2.05, 4.69) is 20.9 Å². The van der Waals surface area contributed by atoms with Gasteiger partial charge in [0.1, 0.15) is 11.5 Å². The van der Waals surface area contributed by atoms with Gasteiger partial charge in [-0.2, -0.15) is 0 Å². The Kier molecular flexibility index (Phi) is 3.13. The number of para-hydroxylation sites is 1. The maximum Gasteiger partial charge on any atom is 0.335 e. The minimum absolute atomic E-state index is 0.0449. The number of carbonyl (C=O) groups is 1. The first-order chi connectivity index (χ1) is 9.99. The number of H-pyrrole nitrogens is 1. The molecule has 1 heterocycles. The van der Waals surface area contributed by atoms with Gasteiger partial charge >= 0.3 is 11.7 Å². The van der Waals surface area contributed by atoms with Gasteiger partial charge in [-0.25, -0.2) is 14.0 Å². The maximum atomic E-state index is 14.0. The zero-order valence-electron chi connectivity index (χ0n) is 10.4. The number of rotatable bonds is 2. The molecule has 1 aromatic heterocycles. The number of hydrogen-bond donors (Lipinski definition) is 2. The van der Waals surface area contributed by atoms with Crippen molar-refractivity contribution in [3.8, 4) is 5.69 Å². The average Bonchev–Trinajstić information content (AvgIpc) is 2.74. The monoisotopic (exact) mass is 350 g/mol. The molecule has 0 fully saturated rings. The highest BCUT2D eigenvalue weighted by Crippen LogP contribution is 2.26. The minimum atomic E-state index is -1.10. The molecule has 0 saturated carbocycles. The van der Waals surface area contributed by atoms with Crippen LogP contribution in [-0.4, -0.2) is 20.6 Å². The average molecular weight is 351 g/mol. The molecule has 0 radical (unpaired) electrons. The number of benzene rings is 2. The van der Waals surface area contributed by atoms with Crippen LogP contribution in [-0.2, 0) is 0 Å². The lowest BCUT2D eigenvalue weighted by atomic mass is 10.2. The molecule has 2 N–H and O–H groups in total. The van der Waals surface area contributed by atoms with E-state index in [0.29, 0.717) is 15.5 Å². The molecule has 106 valence electrons. The maximum absolute atomic E-state index is 14.0. The molecular formula is C14H8BrFN2O3. The van der Waals surface area contributed by atoms with E-state index in [1.807, 2.05) is 0 Å². The van der Waals surface area contributed by atoms with Crippen molar-refractivity contribution in [1.29, 1.82) is 0 Å². The molecule has 0 bridgehead atoms. The molecule has 0 spiro atoms. The van der Waals surface area contributed by atoms with Crippen LogP contribution in [0.25, 0.3) is 16.7 Å². The van der Waals surface area contributed by atoms with Gasteiger partial charge in [0.25, 0.3) is 0 Å². The minimum Gasteiger partial charge on any atom is -0.478 e. The molecular weight excluding hydrogens is 343 g/mol. The van der Waals surface area contributed by atoms with E-state index in [1.54, 1.807) is 6.07 Å². The van der Waals surface area contributed by atoms with E-state index in [-0.39, 0.29) is 11.3 Å². The van der Waals surface area contributed by atoms with Crippen LogP contribution in [0.15, 0.2) is 45.7 Å². The third kappa shape index (κ3) is 2.15. The number of fused-ring (bicyclic) bond motifs is 1. The Morgan fingerprint density at radius 2 is 2.05 bits per heavy atom. The fraction of sp³-hybridized carbons (Fsp3) is 0. The van der Waals surface area contributed by atoms with Crippen molar-refractivity contribution < 1.29 is 14.3 Å². The molecule has 0 unspecified atom stereocenters. The summed E-state index contributed by atoms with van der Waals surface area (Å²) < 4.78 is 15.6. The summed E-state index contributed by atoms with van der Waals surface area (Å²) in [6.45, 7) is 0. The zero-order valence-corrected chi connectivity index (χ0v) is 12.0. The number of imidazole rings is 1. The SMILES string of the molecule is O=C(O)c1ccc2c(c1)[nH]c(=O)n2-c1c(F)cccc1Br. The van der Waals surface area contributed by atoms with Gasteiger partial charge in [-0.1, -0.05) is 6.07 Å². The summed E-state index contributed by atoms with van der Waals surface area (Å²) in [7, 11) is 0. The van der Waals surface area contributed by atoms with Crippen LogP contribution >= 0.6 is 15.9 Å². The summed E-state index contributed by atoms with van der Waals surface area (Å²) in [5.74, 6) is -1.66. The predicted octanol–water partition coefficient (Wildman–Crippen LogP) is 2.92. The van der Waals surface area contributed by atoms with E-state index < -0.39 is 17.5 Å². The van der Waals surface area contributed by atoms with Gasteiger partial charge in [-0.3, -0.25) is 4.57 Å². The molecule has 0 amide bonds. The quantitative estimate of drug-likeness (QED) is 0.746. The Morgan fingerprint density at radius 3 is 2.71 bits per heavy atom. The molecule has 0 aliphatic carbocycles. The molecule has 0 atom stereocenters. The second-order valence-electron chi connectivity index (χ2n) is 4.37. The standard InChI is InChI=1S/C14H8BrFN2O3/c15-8-2-1-3-9(16)12(8)18-11-5-4-7(13(19)20)6-10(11)17-14(18)21/h1-6H,(H,17,21)(H,19,20). The predicted molar refractivity (Wildman–Crippen MR) is 78.5 cm³/mol. The van der Waals surface area contributed by atoms with Gasteiger partial charge < -0.3 is 10.1 Å². The third-order valence-corrected chi connectivity index (χ3v) is 3.73. The second-order valence-corrected chi connectivity index (χ2v) is 5.23. The molecule has 5 nitrogen and oxygen atoms in total. The van der Waals surface area contributed by atoms with E-state index in [1.165, 1.54) is 34.9 Å². The van der Waals surface area contributed by atoms with Gasteiger partial charge in [-0.15, -0.1) is 0 Å². The molecule has 2 aromatic carbocycles. The smallest absolute Gasteiger partial charge is 0.335 e. The number of aromatic nitrogens is 2. The topological polar surface area (TPSA) is 75.1 Å². The van der Waals surface area contributed by atoms with Gasteiger partial charge in [0.05, 0.1) is 16.6 Å². The highest BCUT2D eigenvalue weighted by Gasteiger charge is 2.16. The summed E-state index contributed by atoms with van der Waals surface area (Å²) in [4.78, 5) is 25.6. The number of carboxylic acid groups (broad SMARTS) is 1. The van der Waals surface area contributed by atoms with Crippen molar-refractivity contribution in [3.63, 3.8) is 0 Å². The Bertz CT molecular complexity index is 909. The zero-order chi connectivity index (χ0) is 15.1. The number of carboxylic acids is 1. The number of nitrogens with zero attached hydrogens (tertiary/aromatic N) is 1. The van der Waals surface area contributed by atoms with E-state index in [4.69, 9.17) is 5.11 Å². The Labute approximate surface area is 125 Å². The number of hydrogen-bond acceptors (Lipinski definition) is 2. The van der Waals surface area contributed by atoms with Crippen molar-refractivity contribution in [3.05, 3.63) is 62.7 Å². The number of aromatic carboxylic acids is 1. The summed E-state index contributed by atoms with van der Waals surface area (Å²) in [6.07, 6.45) is 0. The second kappa shape index (κ2) is 4.85. The van der Waals surface area contributed by atoms with Crippen molar-refractivity contribution >= 4 is 32.9 Å². The van der Waals surface area contributed by atoms with Crippen molar-refractivity contribution in [2.75, 3.05) is 0 Å². The van der Waals surface area contributed by atoms with Crippen molar-refractivity contribution in [1.82, 2.24) is 9.55 Å². The molecule has 0 aliphatic heterocycles. The first kappa shape index (κ1) is 13.6. The van der Waals surface area contributed by atoms with Gasteiger partial charge in [0.15, 0.2) is 0 Å². The molecule has 3 aromatic rings. The highest BCUT2D eigenvalue weighted by atomic mass is 79.9. The first-order valence-corrected chi connectivity index (χ1v) is 6.71. The molecule has 21 heavy (non-hydrogen) atoms. The normalized spacial score (nSPS) is 11.0. The Morgan fingerprint density at radius 1 is 1.29 bits per heavy atom. The summed E-state index contributed by atoms with van der Waals surface area (Å²) >= 11 is 3.22. The Balaban J connectivity index is 2.36. The van der Waals surface area contributed by atoms with Gasteiger partial charge in [0, 0.05) is 4.47 Å². The Hall–Kier alpha value is -2.41.